The molecule has 4 bridgehead atoms. The van der Waals surface area contributed by atoms with Gasteiger partial charge in [0.15, 0.2) is 0 Å². The van der Waals surface area contributed by atoms with Crippen molar-refractivity contribution in [2.75, 3.05) is 0 Å². The van der Waals surface area contributed by atoms with Crippen LogP contribution in [0.1, 0.15) is 22.5 Å². The highest BCUT2D eigenvalue weighted by Gasteiger charge is 2.03. The summed E-state index contributed by atoms with van der Waals surface area (Å²) in [5, 5.41) is 0. The summed E-state index contributed by atoms with van der Waals surface area (Å²) in [7, 11) is 0. The lowest BCUT2D eigenvalue weighted by atomic mass is 10.0. The van der Waals surface area contributed by atoms with Gasteiger partial charge < -0.3 is 0 Å². The third-order valence-corrected chi connectivity index (χ3v) is 3.11. The van der Waals surface area contributed by atoms with Crippen molar-refractivity contribution >= 4 is 0 Å². The van der Waals surface area contributed by atoms with Gasteiger partial charge in [0.05, 0.1) is 0 Å². The van der Waals surface area contributed by atoms with Crippen LogP contribution in [0.15, 0.2) is 36.7 Å². The molecule has 80 valence electrons. The minimum atomic E-state index is 0.979. The van der Waals surface area contributed by atoms with Crippen LogP contribution in [0, 0.1) is 0 Å². The molecule has 0 aromatic carbocycles. The summed E-state index contributed by atoms with van der Waals surface area (Å²) in [4.78, 5) is 8.96. The molecule has 2 aromatic heterocycles. The molecule has 0 N–H and O–H groups in total. The van der Waals surface area contributed by atoms with Crippen LogP contribution < -0.4 is 0 Å². The Hall–Kier alpha value is -1.70. The van der Waals surface area contributed by atoms with Crippen LogP contribution in [-0.2, 0) is 25.7 Å². The van der Waals surface area contributed by atoms with Crippen molar-refractivity contribution < 1.29 is 0 Å². The molecule has 2 heteroatoms. The van der Waals surface area contributed by atoms with E-state index in [9.17, 15) is 0 Å². The van der Waals surface area contributed by atoms with E-state index in [1.807, 2.05) is 12.4 Å². The predicted octanol–water partition coefficient (Wildman–Crippen LogP) is 2.36. The Balaban J connectivity index is 1.97. The number of aryl methyl sites for hydroxylation is 4. The second-order valence-electron chi connectivity index (χ2n) is 4.32. The average Bonchev–Trinajstić information content (AvgIpc) is 2.33. The normalized spacial score (nSPS) is 14.5. The molecule has 0 spiro atoms. The Morgan fingerprint density at radius 1 is 0.625 bits per heavy atom. The minimum Gasteiger partial charge on any atom is -0.261 e. The molecule has 4 aliphatic rings. The van der Waals surface area contributed by atoms with Gasteiger partial charge in [0.2, 0.25) is 0 Å². The van der Waals surface area contributed by atoms with E-state index in [-0.39, 0.29) is 0 Å². The van der Waals surface area contributed by atoms with E-state index in [1.165, 1.54) is 11.1 Å². The highest BCUT2D eigenvalue weighted by molar-refractivity contribution is 5.21. The standard InChI is InChI=1S/C14H14N2/c1-2-12-4-6-14(16-10-12)8-7-13-5-3-11(1)9-15-13/h3-6,9-10H,1-2,7-8H2. The SMILES string of the molecule is c1cc2ncc1CCc1ccc(nc1)CC2. The van der Waals surface area contributed by atoms with Crippen molar-refractivity contribution in [3.8, 4) is 0 Å². The van der Waals surface area contributed by atoms with E-state index < -0.39 is 0 Å². The second-order valence-corrected chi connectivity index (χ2v) is 4.32. The maximum absolute atomic E-state index is 4.48. The van der Waals surface area contributed by atoms with E-state index in [2.05, 4.69) is 34.2 Å². The first kappa shape index (κ1) is 9.52. The lowest BCUT2D eigenvalue weighted by molar-refractivity contribution is 0.849. The summed E-state index contributed by atoms with van der Waals surface area (Å²) >= 11 is 0. The van der Waals surface area contributed by atoms with Crippen molar-refractivity contribution in [1.29, 1.82) is 0 Å². The molecule has 0 amide bonds. The molecule has 0 radical (unpaired) electrons. The van der Waals surface area contributed by atoms with Crippen LogP contribution in [0.5, 0.6) is 0 Å². The largest absolute Gasteiger partial charge is 0.261 e. The maximum atomic E-state index is 4.48. The maximum Gasteiger partial charge on any atom is 0.0407 e. The van der Waals surface area contributed by atoms with Gasteiger partial charge in [-0.15, -0.1) is 0 Å². The Morgan fingerprint density at radius 3 is 1.50 bits per heavy atom. The van der Waals surface area contributed by atoms with Crippen LogP contribution in [0.3, 0.4) is 0 Å². The van der Waals surface area contributed by atoms with Crippen LogP contribution in [0.25, 0.3) is 0 Å². The van der Waals surface area contributed by atoms with Crippen molar-refractivity contribution in [1.82, 2.24) is 9.97 Å². The summed E-state index contributed by atoms with van der Waals surface area (Å²) < 4.78 is 0. The zero-order chi connectivity index (χ0) is 10.8. The van der Waals surface area contributed by atoms with E-state index in [0.29, 0.717) is 0 Å². The van der Waals surface area contributed by atoms with Gasteiger partial charge in [0.1, 0.15) is 0 Å². The second kappa shape index (κ2) is 4.05. The lowest BCUT2D eigenvalue weighted by Gasteiger charge is -2.07. The summed E-state index contributed by atoms with van der Waals surface area (Å²) in [6.45, 7) is 0. The van der Waals surface area contributed by atoms with E-state index in [4.69, 9.17) is 0 Å². The minimum absolute atomic E-state index is 0.979. The van der Waals surface area contributed by atoms with Crippen molar-refractivity contribution in [2.45, 2.75) is 25.7 Å². The van der Waals surface area contributed by atoms with E-state index in [1.54, 1.807) is 0 Å². The van der Waals surface area contributed by atoms with Gasteiger partial charge in [-0.3, -0.25) is 9.97 Å². The van der Waals surface area contributed by atoms with E-state index in [0.717, 1.165) is 37.1 Å². The molecule has 0 fully saturated rings. The summed E-state index contributed by atoms with van der Waals surface area (Å²) in [6.07, 6.45) is 8.08. The van der Waals surface area contributed by atoms with E-state index >= 15 is 0 Å². The number of rotatable bonds is 0. The monoisotopic (exact) mass is 210 g/mol. The Kier molecular flexibility index (Phi) is 2.41. The molecule has 0 saturated heterocycles. The van der Waals surface area contributed by atoms with Gasteiger partial charge in [-0.1, -0.05) is 12.1 Å². The highest BCUT2D eigenvalue weighted by atomic mass is 14.7. The fourth-order valence-corrected chi connectivity index (χ4v) is 2.05. The van der Waals surface area contributed by atoms with Gasteiger partial charge in [0.25, 0.3) is 0 Å². The van der Waals surface area contributed by atoms with Crippen LogP contribution in [0.4, 0.5) is 0 Å². The first-order chi connectivity index (χ1) is 7.90. The molecule has 3 aliphatic heterocycles. The topological polar surface area (TPSA) is 25.8 Å². The molecule has 2 nitrogen and oxygen atoms in total. The zero-order valence-corrected chi connectivity index (χ0v) is 9.19. The molecule has 16 heavy (non-hydrogen) atoms. The molecule has 5 heterocycles. The third-order valence-electron chi connectivity index (χ3n) is 3.11. The smallest absolute Gasteiger partial charge is 0.0407 e. The molecular formula is C14H14N2. The number of hydrogen-bond acceptors (Lipinski definition) is 2. The van der Waals surface area contributed by atoms with Crippen LogP contribution >= 0.6 is 0 Å². The summed E-state index contributed by atoms with van der Waals surface area (Å²) in [5.74, 6) is 0. The third kappa shape index (κ3) is 1.96. The number of aromatic nitrogens is 2. The summed E-state index contributed by atoms with van der Waals surface area (Å²) in [5.41, 5.74) is 4.95. The van der Waals surface area contributed by atoms with Gasteiger partial charge in [-0.25, -0.2) is 0 Å². The zero-order valence-electron chi connectivity index (χ0n) is 9.19. The van der Waals surface area contributed by atoms with Gasteiger partial charge in [-0.05, 0) is 48.9 Å². The fraction of sp³-hybridized carbons (Fsp3) is 0.286. The molecule has 0 atom stereocenters. The van der Waals surface area contributed by atoms with Gasteiger partial charge in [-0.2, -0.15) is 0 Å². The van der Waals surface area contributed by atoms with Gasteiger partial charge in [0, 0.05) is 23.8 Å². The quantitative estimate of drug-likeness (QED) is 0.667. The van der Waals surface area contributed by atoms with Crippen molar-refractivity contribution in [3.63, 3.8) is 0 Å². The molecule has 2 aromatic rings. The van der Waals surface area contributed by atoms with Gasteiger partial charge >= 0.3 is 0 Å². The molecule has 0 unspecified atom stereocenters. The Labute approximate surface area is 95.4 Å². The molecule has 0 saturated carbocycles. The van der Waals surface area contributed by atoms with Crippen LogP contribution in [0.2, 0.25) is 0 Å². The molecule has 6 rings (SSSR count). The van der Waals surface area contributed by atoms with Crippen LogP contribution in [-0.4, -0.2) is 9.97 Å². The Morgan fingerprint density at radius 2 is 1.12 bits per heavy atom. The number of nitrogens with zero attached hydrogens (tertiary/aromatic N) is 2. The highest BCUT2D eigenvalue weighted by Crippen LogP contribution is 2.11. The Bertz CT molecular complexity index is 378. The lowest BCUT2D eigenvalue weighted by Crippen LogP contribution is -2.01. The fourth-order valence-electron chi connectivity index (χ4n) is 2.05. The molecule has 1 aliphatic carbocycles. The predicted molar refractivity (Wildman–Crippen MR) is 63.3 cm³/mol. The molecular weight excluding hydrogens is 196 g/mol. The average molecular weight is 210 g/mol. The summed E-state index contributed by atoms with van der Waals surface area (Å²) in [6, 6.07) is 8.68. The first-order valence-corrected chi connectivity index (χ1v) is 5.78. The first-order valence-electron chi connectivity index (χ1n) is 5.78. The number of hydrogen-bond donors (Lipinski definition) is 0. The van der Waals surface area contributed by atoms with Crippen molar-refractivity contribution in [3.05, 3.63) is 59.2 Å². The number of pyridine rings is 2. The van der Waals surface area contributed by atoms with Crippen molar-refractivity contribution in [2.24, 2.45) is 0 Å².